The normalized spacial score (nSPS) is 14.5. The first kappa shape index (κ1) is 15.8. The Balaban J connectivity index is 2.87. The van der Waals surface area contributed by atoms with Crippen LogP contribution in [0.1, 0.15) is 44.0 Å². The lowest BCUT2D eigenvalue weighted by atomic mass is 10.0. The van der Waals surface area contributed by atoms with E-state index in [9.17, 15) is 13.6 Å². The monoisotopic (exact) mass is 269 g/mol. The van der Waals surface area contributed by atoms with Crippen molar-refractivity contribution in [3.63, 3.8) is 0 Å². The molecule has 2 nitrogen and oxygen atoms in total. The van der Waals surface area contributed by atoms with Gasteiger partial charge < -0.3 is 0 Å². The number of benzene rings is 1. The van der Waals surface area contributed by atoms with Crippen LogP contribution in [0.5, 0.6) is 0 Å². The molecule has 0 spiro atoms. The summed E-state index contributed by atoms with van der Waals surface area (Å²) in [7, 11) is 1.85. The Hall–Kier alpha value is -1.29. The van der Waals surface area contributed by atoms with E-state index in [2.05, 4.69) is 6.92 Å². The number of halogens is 2. The maximum Gasteiger partial charge on any atom is 0.182 e. The number of hydrogen-bond acceptors (Lipinski definition) is 2. The molecule has 0 aliphatic carbocycles. The molecule has 1 aromatic carbocycles. The molecule has 0 aliphatic rings. The van der Waals surface area contributed by atoms with Crippen LogP contribution in [-0.4, -0.2) is 29.8 Å². The second-order valence-corrected chi connectivity index (χ2v) is 4.97. The Morgan fingerprint density at radius 1 is 1.32 bits per heavy atom. The first-order valence-corrected chi connectivity index (χ1v) is 6.59. The van der Waals surface area contributed by atoms with Crippen LogP contribution >= 0.6 is 0 Å². The third kappa shape index (κ3) is 3.83. The van der Waals surface area contributed by atoms with Gasteiger partial charge in [0, 0.05) is 12.1 Å². The molecule has 4 heteroatoms. The minimum absolute atomic E-state index is 0.0514. The molecule has 0 fully saturated rings. The molecule has 1 rings (SSSR count). The van der Waals surface area contributed by atoms with Crippen LogP contribution in [0.25, 0.3) is 0 Å². The van der Waals surface area contributed by atoms with E-state index in [1.807, 2.05) is 18.9 Å². The fourth-order valence-electron chi connectivity index (χ4n) is 2.10. The summed E-state index contributed by atoms with van der Waals surface area (Å²) in [6, 6.07) is 2.88. The van der Waals surface area contributed by atoms with Crippen molar-refractivity contribution >= 4 is 5.78 Å². The van der Waals surface area contributed by atoms with Crippen molar-refractivity contribution in [1.29, 1.82) is 0 Å². The molecule has 0 radical (unpaired) electrons. The summed E-state index contributed by atoms with van der Waals surface area (Å²) in [6.45, 7) is 5.86. The SMILES string of the molecule is CCCC(C)N(C)C(C)C(=O)c1ccc(F)cc1F. The quantitative estimate of drug-likeness (QED) is 0.735. The van der Waals surface area contributed by atoms with E-state index in [1.54, 1.807) is 6.92 Å². The topological polar surface area (TPSA) is 20.3 Å². The van der Waals surface area contributed by atoms with E-state index < -0.39 is 17.7 Å². The van der Waals surface area contributed by atoms with Crippen LogP contribution < -0.4 is 0 Å². The molecular weight excluding hydrogens is 248 g/mol. The lowest BCUT2D eigenvalue weighted by molar-refractivity contribution is 0.0815. The van der Waals surface area contributed by atoms with Crippen molar-refractivity contribution in [2.24, 2.45) is 0 Å². The molecule has 0 saturated carbocycles. The van der Waals surface area contributed by atoms with Crippen molar-refractivity contribution in [2.75, 3.05) is 7.05 Å². The predicted octanol–water partition coefficient (Wildman–Crippen LogP) is 3.66. The number of likely N-dealkylation sites (N-methyl/N-ethyl adjacent to an activating group) is 1. The van der Waals surface area contributed by atoms with Crippen LogP contribution in [0.2, 0.25) is 0 Å². The summed E-state index contributed by atoms with van der Waals surface area (Å²) < 4.78 is 26.4. The van der Waals surface area contributed by atoms with Gasteiger partial charge in [-0.3, -0.25) is 9.69 Å². The van der Waals surface area contributed by atoms with Gasteiger partial charge in [0.15, 0.2) is 5.78 Å². The van der Waals surface area contributed by atoms with Crippen LogP contribution in [0.3, 0.4) is 0 Å². The highest BCUT2D eigenvalue weighted by Gasteiger charge is 2.25. The minimum atomic E-state index is -0.798. The summed E-state index contributed by atoms with van der Waals surface area (Å²) >= 11 is 0. The highest BCUT2D eigenvalue weighted by Crippen LogP contribution is 2.16. The molecule has 1 aromatic rings. The summed E-state index contributed by atoms with van der Waals surface area (Å²) in [4.78, 5) is 14.1. The Bertz CT molecular complexity index is 448. The molecule has 0 N–H and O–H groups in total. The molecule has 106 valence electrons. The van der Waals surface area contributed by atoms with E-state index in [4.69, 9.17) is 0 Å². The first-order chi connectivity index (χ1) is 8.88. The van der Waals surface area contributed by atoms with Gasteiger partial charge in [0.25, 0.3) is 0 Å². The van der Waals surface area contributed by atoms with E-state index in [0.29, 0.717) is 0 Å². The average Bonchev–Trinajstić information content (AvgIpc) is 2.36. The third-order valence-corrected chi connectivity index (χ3v) is 3.59. The minimum Gasteiger partial charge on any atom is -0.294 e. The molecule has 0 heterocycles. The number of nitrogens with zero attached hydrogens (tertiary/aromatic N) is 1. The van der Waals surface area contributed by atoms with E-state index in [0.717, 1.165) is 25.0 Å². The third-order valence-electron chi connectivity index (χ3n) is 3.59. The number of carbonyl (C=O) groups excluding carboxylic acids is 1. The Morgan fingerprint density at radius 3 is 2.47 bits per heavy atom. The maximum absolute atomic E-state index is 13.6. The van der Waals surface area contributed by atoms with E-state index in [1.165, 1.54) is 6.07 Å². The molecule has 2 atom stereocenters. The van der Waals surface area contributed by atoms with Crippen molar-refractivity contribution in [3.05, 3.63) is 35.4 Å². The molecular formula is C15H21F2NO. The second kappa shape index (κ2) is 6.75. The summed E-state index contributed by atoms with van der Waals surface area (Å²) in [6.07, 6.45) is 2.00. The zero-order chi connectivity index (χ0) is 14.6. The van der Waals surface area contributed by atoms with Crippen molar-refractivity contribution in [3.8, 4) is 0 Å². The highest BCUT2D eigenvalue weighted by atomic mass is 19.1. The maximum atomic E-state index is 13.6. The fourth-order valence-corrected chi connectivity index (χ4v) is 2.10. The average molecular weight is 269 g/mol. The zero-order valence-electron chi connectivity index (χ0n) is 11.9. The standard InChI is InChI=1S/C15H21F2NO/c1-5-6-10(2)18(4)11(3)15(19)13-8-7-12(16)9-14(13)17/h7-11H,5-6H2,1-4H3. The van der Waals surface area contributed by atoms with Gasteiger partial charge in [-0.15, -0.1) is 0 Å². The van der Waals surface area contributed by atoms with Crippen LogP contribution in [0.4, 0.5) is 8.78 Å². The lowest BCUT2D eigenvalue weighted by Gasteiger charge is -2.29. The smallest absolute Gasteiger partial charge is 0.182 e. The van der Waals surface area contributed by atoms with Gasteiger partial charge in [-0.1, -0.05) is 13.3 Å². The molecule has 2 unspecified atom stereocenters. The summed E-state index contributed by atoms with van der Waals surface area (Å²) in [5.74, 6) is -1.79. The van der Waals surface area contributed by atoms with Crippen LogP contribution in [0, 0.1) is 11.6 Å². The van der Waals surface area contributed by atoms with Gasteiger partial charge in [-0.2, -0.15) is 0 Å². The zero-order valence-corrected chi connectivity index (χ0v) is 11.9. The van der Waals surface area contributed by atoms with Gasteiger partial charge in [-0.25, -0.2) is 8.78 Å². The van der Waals surface area contributed by atoms with Gasteiger partial charge >= 0.3 is 0 Å². The highest BCUT2D eigenvalue weighted by molar-refractivity contribution is 6.00. The number of ketones is 1. The fraction of sp³-hybridized carbons (Fsp3) is 0.533. The largest absolute Gasteiger partial charge is 0.294 e. The number of carbonyl (C=O) groups is 1. The Labute approximate surface area is 113 Å². The second-order valence-electron chi connectivity index (χ2n) is 4.97. The summed E-state index contributed by atoms with van der Waals surface area (Å²) in [5, 5.41) is 0. The molecule has 0 bridgehead atoms. The van der Waals surface area contributed by atoms with Gasteiger partial charge in [0.2, 0.25) is 0 Å². The van der Waals surface area contributed by atoms with Gasteiger partial charge in [0.05, 0.1) is 11.6 Å². The molecule has 0 amide bonds. The molecule has 0 aromatic heterocycles. The lowest BCUT2D eigenvalue weighted by Crippen LogP contribution is -2.42. The number of rotatable bonds is 6. The van der Waals surface area contributed by atoms with Crippen LogP contribution in [0.15, 0.2) is 18.2 Å². The van der Waals surface area contributed by atoms with Gasteiger partial charge in [-0.05, 0) is 39.4 Å². The van der Waals surface area contributed by atoms with Gasteiger partial charge in [0.1, 0.15) is 11.6 Å². The predicted molar refractivity (Wildman–Crippen MR) is 72.3 cm³/mol. The number of Topliss-reactive ketones (excluding diaryl/α,β-unsaturated/α-hetero) is 1. The number of hydrogen-bond donors (Lipinski definition) is 0. The molecule has 0 aliphatic heterocycles. The molecule has 0 saturated heterocycles. The Kier molecular flexibility index (Phi) is 5.60. The van der Waals surface area contributed by atoms with E-state index >= 15 is 0 Å². The van der Waals surface area contributed by atoms with Crippen molar-refractivity contribution in [2.45, 2.75) is 45.7 Å². The molecule has 19 heavy (non-hydrogen) atoms. The Morgan fingerprint density at radius 2 is 1.95 bits per heavy atom. The van der Waals surface area contributed by atoms with E-state index in [-0.39, 0.29) is 17.4 Å². The first-order valence-electron chi connectivity index (χ1n) is 6.59. The van der Waals surface area contributed by atoms with Crippen molar-refractivity contribution < 1.29 is 13.6 Å². The van der Waals surface area contributed by atoms with Crippen LogP contribution in [-0.2, 0) is 0 Å². The summed E-state index contributed by atoms with van der Waals surface area (Å²) in [5.41, 5.74) is -0.0514. The van der Waals surface area contributed by atoms with Crippen molar-refractivity contribution in [1.82, 2.24) is 4.90 Å².